The number of fused-ring (bicyclic) bond motifs is 1. The maximum absolute atomic E-state index is 13.9. The van der Waals surface area contributed by atoms with Crippen LogP contribution in [0.1, 0.15) is 29.7 Å². The highest BCUT2D eigenvalue weighted by Gasteiger charge is 2.24. The number of rotatable bonds is 2. The van der Waals surface area contributed by atoms with E-state index in [1.807, 2.05) is 19.1 Å². The van der Waals surface area contributed by atoms with Crippen LogP contribution in [0.15, 0.2) is 36.4 Å². The van der Waals surface area contributed by atoms with Gasteiger partial charge in [-0.05, 0) is 36.6 Å². The second-order valence-electron chi connectivity index (χ2n) is 5.55. The van der Waals surface area contributed by atoms with E-state index in [9.17, 15) is 8.78 Å². The van der Waals surface area contributed by atoms with E-state index in [0.29, 0.717) is 5.56 Å². The number of nitrogen functional groups attached to an aromatic ring is 1. The van der Waals surface area contributed by atoms with Crippen molar-refractivity contribution in [3.05, 3.63) is 64.7 Å². The minimum atomic E-state index is -0.541. The van der Waals surface area contributed by atoms with Gasteiger partial charge >= 0.3 is 0 Å². The van der Waals surface area contributed by atoms with Crippen LogP contribution >= 0.6 is 0 Å². The number of hydrogen-bond donors (Lipinski definition) is 1. The Balaban J connectivity index is 1.85. The minimum Gasteiger partial charge on any atom is -0.398 e. The second kappa shape index (κ2) is 5.45. The molecule has 0 aromatic heterocycles. The van der Waals surface area contributed by atoms with Gasteiger partial charge in [-0.15, -0.1) is 0 Å². The molecule has 110 valence electrons. The average molecular weight is 288 g/mol. The summed E-state index contributed by atoms with van der Waals surface area (Å²) in [5.74, 6) is -1.03. The Labute approximate surface area is 123 Å². The molecule has 2 aromatic carbocycles. The van der Waals surface area contributed by atoms with Crippen LogP contribution in [-0.2, 0) is 13.0 Å². The quantitative estimate of drug-likeness (QED) is 0.854. The van der Waals surface area contributed by atoms with Gasteiger partial charge in [-0.25, -0.2) is 8.78 Å². The van der Waals surface area contributed by atoms with Crippen LogP contribution < -0.4 is 5.73 Å². The van der Waals surface area contributed by atoms with E-state index in [1.54, 1.807) is 0 Å². The monoisotopic (exact) mass is 288 g/mol. The molecule has 1 heterocycles. The molecule has 0 spiro atoms. The lowest BCUT2D eigenvalue weighted by Gasteiger charge is -2.34. The maximum atomic E-state index is 13.9. The summed E-state index contributed by atoms with van der Waals surface area (Å²) in [4.78, 5) is 2.19. The van der Waals surface area contributed by atoms with Crippen LogP contribution in [0.5, 0.6) is 0 Å². The maximum Gasteiger partial charge on any atom is 0.130 e. The van der Waals surface area contributed by atoms with Crippen LogP contribution in [0.25, 0.3) is 0 Å². The predicted octanol–water partition coefficient (Wildman–Crippen LogP) is 3.67. The van der Waals surface area contributed by atoms with Crippen molar-refractivity contribution in [3.63, 3.8) is 0 Å². The lowest BCUT2D eigenvalue weighted by atomic mass is 9.95. The molecule has 0 aliphatic carbocycles. The number of hydrogen-bond acceptors (Lipinski definition) is 2. The fraction of sp³-hybridized carbons (Fsp3) is 0.294. The first-order valence-electron chi connectivity index (χ1n) is 7.11. The Morgan fingerprint density at radius 3 is 2.76 bits per heavy atom. The van der Waals surface area contributed by atoms with Gasteiger partial charge in [-0.1, -0.05) is 18.2 Å². The molecule has 0 bridgehead atoms. The zero-order valence-corrected chi connectivity index (χ0v) is 11.9. The van der Waals surface area contributed by atoms with E-state index in [0.717, 1.165) is 31.3 Å². The van der Waals surface area contributed by atoms with Gasteiger partial charge in [0, 0.05) is 36.4 Å². The first kappa shape index (κ1) is 14.0. The van der Waals surface area contributed by atoms with E-state index in [4.69, 9.17) is 5.73 Å². The molecule has 21 heavy (non-hydrogen) atoms. The molecule has 0 radical (unpaired) electrons. The summed E-state index contributed by atoms with van der Waals surface area (Å²) in [5.41, 5.74) is 9.74. The van der Waals surface area contributed by atoms with Crippen molar-refractivity contribution < 1.29 is 8.78 Å². The van der Waals surface area contributed by atoms with Crippen LogP contribution in [0.3, 0.4) is 0 Å². The zero-order valence-electron chi connectivity index (χ0n) is 11.9. The Hall–Kier alpha value is -1.94. The normalized spacial score (nSPS) is 16.5. The molecule has 2 aromatic rings. The van der Waals surface area contributed by atoms with Gasteiger partial charge < -0.3 is 5.73 Å². The Morgan fingerprint density at radius 1 is 1.19 bits per heavy atom. The topological polar surface area (TPSA) is 29.3 Å². The lowest BCUT2D eigenvalue weighted by Crippen LogP contribution is -2.33. The van der Waals surface area contributed by atoms with Crippen LogP contribution in [-0.4, -0.2) is 11.4 Å². The van der Waals surface area contributed by atoms with Gasteiger partial charge in [0.1, 0.15) is 11.6 Å². The highest BCUT2D eigenvalue weighted by Crippen LogP contribution is 2.31. The van der Waals surface area contributed by atoms with Gasteiger partial charge in [-0.3, -0.25) is 4.90 Å². The Morgan fingerprint density at radius 2 is 2.00 bits per heavy atom. The molecular weight excluding hydrogens is 270 g/mol. The number of halogens is 2. The van der Waals surface area contributed by atoms with Gasteiger partial charge in [-0.2, -0.15) is 0 Å². The summed E-state index contributed by atoms with van der Waals surface area (Å²) in [5, 5.41) is 0. The number of anilines is 1. The van der Waals surface area contributed by atoms with E-state index in [-0.39, 0.29) is 6.04 Å². The SMILES string of the molecule is CC(c1ccc(F)cc1F)N1CCc2c(N)cccc2C1. The fourth-order valence-electron chi connectivity index (χ4n) is 3.03. The smallest absolute Gasteiger partial charge is 0.130 e. The molecule has 4 heteroatoms. The molecule has 1 aliphatic rings. The summed E-state index contributed by atoms with van der Waals surface area (Å²) in [6.07, 6.45) is 0.856. The summed E-state index contributed by atoms with van der Waals surface area (Å²) in [6, 6.07) is 9.61. The van der Waals surface area contributed by atoms with E-state index >= 15 is 0 Å². The average Bonchev–Trinajstić information content (AvgIpc) is 2.46. The zero-order chi connectivity index (χ0) is 15.0. The third kappa shape index (κ3) is 2.63. The Bertz CT molecular complexity index is 670. The largest absolute Gasteiger partial charge is 0.398 e. The van der Waals surface area contributed by atoms with Crippen LogP contribution in [0, 0.1) is 11.6 Å². The molecule has 3 rings (SSSR count). The van der Waals surface area contributed by atoms with Gasteiger partial charge in [0.15, 0.2) is 0 Å². The van der Waals surface area contributed by atoms with Crippen molar-refractivity contribution >= 4 is 5.69 Å². The van der Waals surface area contributed by atoms with E-state index in [2.05, 4.69) is 11.0 Å². The van der Waals surface area contributed by atoms with Crippen molar-refractivity contribution in [2.45, 2.75) is 25.9 Å². The van der Waals surface area contributed by atoms with Crippen molar-refractivity contribution in [2.75, 3.05) is 12.3 Å². The van der Waals surface area contributed by atoms with Crippen molar-refractivity contribution in [1.29, 1.82) is 0 Å². The first-order valence-corrected chi connectivity index (χ1v) is 7.11. The molecule has 1 aliphatic heterocycles. The molecule has 1 unspecified atom stereocenters. The molecule has 2 nitrogen and oxygen atoms in total. The second-order valence-corrected chi connectivity index (χ2v) is 5.55. The van der Waals surface area contributed by atoms with Crippen LogP contribution in [0.2, 0.25) is 0 Å². The van der Waals surface area contributed by atoms with Gasteiger partial charge in [0.05, 0.1) is 0 Å². The number of nitrogens with two attached hydrogens (primary N) is 1. The summed E-state index contributed by atoms with van der Waals surface area (Å²) in [6.45, 7) is 3.51. The molecule has 0 fully saturated rings. The van der Waals surface area contributed by atoms with Crippen LogP contribution in [0.4, 0.5) is 14.5 Å². The molecule has 1 atom stereocenters. The van der Waals surface area contributed by atoms with Crippen molar-refractivity contribution in [1.82, 2.24) is 4.90 Å². The molecule has 0 amide bonds. The van der Waals surface area contributed by atoms with Gasteiger partial charge in [0.2, 0.25) is 0 Å². The molecule has 0 saturated heterocycles. The number of nitrogens with zero attached hydrogens (tertiary/aromatic N) is 1. The molecular formula is C17H18F2N2. The molecule has 0 saturated carbocycles. The van der Waals surface area contributed by atoms with Gasteiger partial charge in [0.25, 0.3) is 0 Å². The highest BCUT2D eigenvalue weighted by atomic mass is 19.1. The predicted molar refractivity (Wildman–Crippen MR) is 79.7 cm³/mol. The Kier molecular flexibility index (Phi) is 3.64. The van der Waals surface area contributed by atoms with E-state index < -0.39 is 11.6 Å². The first-order chi connectivity index (χ1) is 10.1. The summed E-state index contributed by atoms with van der Waals surface area (Å²) >= 11 is 0. The van der Waals surface area contributed by atoms with E-state index in [1.165, 1.54) is 23.3 Å². The molecule has 2 N–H and O–H groups in total. The highest BCUT2D eigenvalue weighted by molar-refractivity contribution is 5.52. The third-order valence-corrected chi connectivity index (χ3v) is 4.29. The summed E-state index contributed by atoms with van der Waals surface area (Å²) in [7, 11) is 0. The fourth-order valence-corrected chi connectivity index (χ4v) is 3.03. The summed E-state index contributed by atoms with van der Waals surface area (Å²) < 4.78 is 27.0. The minimum absolute atomic E-state index is 0.0971. The third-order valence-electron chi connectivity index (χ3n) is 4.29. The number of benzene rings is 2. The van der Waals surface area contributed by atoms with Crippen molar-refractivity contribution in [2.24, 2.45) is 0 Å². The lowest BCUT2D eigenvalue weighted by molar-refractivity contribution is 0.189. The standard InChI is InChI=1S/C17H18F2N2/c1-11(14-6-5-13(18)9-16(14)19)21-8-7-15-12(10-21)3-2-4-17(15)20/h2-6,9,11H,7-8,10,20H2,1H3. The van der Waals surface area contributed by atoms with Crippen molar-refractivity contribution in [3.8, 4) is 0 Å².